The summed E-state index contributed by atoms with van der Waals surface area (Å²) >= 11 is 5.92. The van der Waals surface area contributed by atoms with Crippen molar-refractivity contribution in [3.63, 3.8) is 0 Å². The lowest BCUT2D eigenvalue weighted by molar-refractivity contribution is -0.204. The van der Waals surface area contributed by atoms with Crippen LogP contribution in [-0.2, 0) is 16.2 Å². The molecule has 0 unspecified atom stereocenters. The fourth-order valence-corrected chi connectivity index (χ4v) is 2.73. The summed E-state index contributed by atoms with van der Waals surface area (Å²) in [6.07, 6.45) is -4.17. The van der Waals surface area contributed by atoms with Crippen LogP contribution in [0.5, 0.6) is 0 Å². The lowest BCUT2D eigenvalue weighted by Gasteiger charge is -2.11. The molecule has 0 aliphatic carbocycles. The van der Waals surface area contributed by atoms with E-state index in [4.69, 9.17) is 16.1 Å². The Kier molecular flexibility index (Phi) is 6.76. The topological polar surface area (TPSA) is 119 Å². The second-order valence-corrected chi connectivity index (χ2v) is 6.71. The maximum atomic E-state index is 14.6. The van der Waals surface area contributed by atoms with E-state index in [9.17, 15) is 31.5 Å². The Balaban J connectivity index is 1.78. The van der Waals surface area contributed by atoms with Crippen molar-refractivity contribution >= 4 is 23.6 Å². The number of carbonyl (C=O) groups is 2. The van der Waals surface area contributed by atoms with Crippen molar-refractivity contribution in [3.8, 4) is 22.5 Å². The summed E-state index contributed by atoms with van der Waals surface area (Å²) in [6.45, 7) is 0.912. The number of hydrogen-bond acceptors (Lipinski definition) is 7. The van der Waals surface area contributed by atoms with Gasteiger partial charge in [0.2, 0.25) is 11.7 Å². The highest BCUT2D eigenvalue weighted by atomic mass is 35.5. The van der Waals surface area contributed by atoms with Crippen LogP contribution in [0.25, 0.3) is 22.5 Å². The molecule has 3 rings (SSSR count). The van der Waals surface area contributed by atoms with Crippen molar-refractivity contribution in [3.05, 3.63) is 52.6 Å². The van der Waals surface area contributed by atoms with Gasteiger partial charge in [0.25, 0.3) is 0 Å². The summed E-state index contributed by atoms with van der Waals surface area (Å²) in [5, 5.41) is 5.61. The number of hydrogen-bond donors (Lipinski definition) is 2. The molecule has 9 nitrogen and oxygen atoms in total. The summed E-state index contributed by atoms with van der Waals surface area (Å²) in [7, 11) is 0. The van der Waals surface area contributed by atoms with Gasteiger partial charge in [0.05, 0.1) is 17.8 Å². The van der Waals surface area contributed by atoms with Gasteiger partial charge in [-0.2, -0.15) is 23.6 Å². The monoisotopic (exact) mass is 491 g/mol. The van der Waals surface area contributed by atoms with Gasteiger partial charge in [-0.15, -0.1) is 0 Å². The Morgan fingerprint density at radius 1 is 1.18 bits per heavy atom. The largest absolute Gasteiger partial charge is 0.493 e. The van der Waals surface area contributed by atoms with E-state index in [-0.39, 0.29) is 39.1 Å². The van der Waals surface area contributed by atoms with Crippen LogP contribution < -0.4 is 10.8 Å². The molecule has 0 saturated heterocycles. The number of alkyl halides is 3. The van der Waals surface area contributed by atoms with Crippen LogP contribution >= 0.6 is 11.6 Å². The van der Waals surface area contributed by atoms with Gasteiger partial charge in [0.1, 0.15) is 11.6 Å². The van der Waals surface area contributed by atoms with Gasteiger partial charge in [-0.25, -0.2) is 18.4 Å². The highest BCUT2D eigenvalue weighted by molar-refractivity contribution is 6.31. The van der Waals surface area contributed by atoms with E-state index < -0.39 is 36.4 Å². The van der Waals surface area contributed by atoms with Crippen LogP contribution in [0.4, 0.5) is 26.7 Å². The Morgan fingerprint density at radius 3 is 2.52 bits per heavy atom. The summed E-state index contributed by atoms with van der Waals surface area (Å²) in [6, 6.07) is 1.96. The number of aryl methyl sites for hydroxylation is 1. The van der Waals surface area contributed by atoms with Crippen molar-refractivity contribution in [1.29, 1.82) is 0 Å². The molecule has 174 valence electrons. The number of urea groups is 1. The highest BCUT2D eigenvalue weighted by Crippen LogP contribution is 2.35. The van der Waals surface area contributed by atoms with Crippen LogP contribution in [0.2, 0.25) is 5.02 Å². The minimum absolute atomic E-state index is 0.00249. The Bertz CT molecular complexity index is 1220. The quantitative estimate of drug-likeness (QED) is 0.420. The molecule has 0 saturated carbocycles. The van der Waals surface area contributed by atoms with Crippen molar-refractivity contribution in [2.24, 2.45) is 0 Å². The number of rotatable bonds is 4. The second-order valence-electron chi connectivity index (χ2n) is 6.27. The number of nitrogens with zero attached hydrogens (tertiary/aromatic N) is 3. The third-order valence-corrected chi connectivity index (χ3v) is 4.14. The SMILES string of the molecule is Cc1nc(-c2c(F)cc(Cl)cc2-c2cnc(CNC(=O)NOC(=O)C(F)(F)F)c(F)c2)no1. The van der Waals surface area contributed by atoms with E-state index in [0.717, 1.165) is 18.3 Å². The van der Waals surface area contributed by atoms with Crippen molar-refractivity contribution in [2.45, 2.75) is 19.6 Å². The summed E-state index contributed by atoms with van der Waals surface area (Å²) in [5.41, 5.74) is 0.950. The first-order valence-corrected chi connectivity index (χ1v) is 9.10. The average Bonchev–Trinajstić information content (AvgIpc) is 3.15. The van der Waals surface area contributed by atoms with Gasteiger partial charge >= 0.3 is 18.2 Å². The molecule has 0 bridgehead atoms. The third-order valence-electron chi connectivity index (χ3n) is 3.92. The number of nitrogens with one attached hydrogen (secondary N) is 2. The fourth-order valence-electron chi connectivity index (χ4n) is 2.52. The van der Waals surface area contributed by atoms with Gasteiger partial charge < -0.3 is 14.7 Å². The molecule has 0 radical (unpaired) electrons. The molecule has 15 heteroatoms. The normalized spacial score (nSPS) is 11.2. The Hall–Kier alpha value is -3.81. The number of carbonyl (C=O) groups excluding carboxylic acids is 2. The molecule has 2 aromatic heterocycles. The van der Waals surface area contributed by atoms with Gasteiger partial charge in [-0.1, -0.05) is 16.8 Å². The van der Waals surface area contributed by atoms with Crippen LogP contribution in [0.15, 0.2) is 28.9 Å². The summed E-state index contributed by atoms with van der Waals surface area (Å²) < 4.78 is 70.1. The van der Waals surface area contributed by atoms with E-state index in [1.165, 1.54) is 18.5 Å². The lowest BCUT2D eigenvalue weighted by atomic mass is 9.99. The van der Waals surface area contributed by atoms with E-state index in [0.29, 0.717) is 0 Å². The lowest BCUT2D eigenvalue weighted by Crippen LogP contribution is -2.40. The molecular weight excluding hydrogens is 481 g/mol. The number of amides is 2. The second kappa shape index (κ2) is 9.36. The summed E-state index contributed by atoms with van der Waals surface area (Å²) in [5.74, 6) is -4.33. The standard InChI is InChI=1S/C18H11ClF5N5O4/c1-7-27-15(28-32-7)14-10(3-9(19)4-12(14)21)8-2-11(20)13(25-5-8)6-26-17(31)29-33-16(30)18(22,23)24/h2-5H,6H2,1H3,(H2,26,29,31). The molecule has 1 aromatic carbocycles. The third kappa shape index (κ3) is 5.71. The Morgan fingerprint density at radius 2 is 1.91 bits per heavy atom. The first-order valence-electron chi connectivity index (χ1n) is 8.72. The molecule has 2 heterocycles. The zero-order valence-corrected chi connectivity index (χ0v) is 17.0. The number of halogens is 6. The molecule has 2 N–H and O–H groups in total. The van der Waals surface area contributed by atoms with Gasteiger partial charge in [0, 0.05) is 23.7 Å². The highest BCUT2D eigenvalue weighted by Gasteiger charge is 2.42. The molecule has 2 amide bonds. The molecular formula is C18H11ClF5N5O4. The Labute approximate surface area is 185 Å². The smallest absolute Gasteiger partial charge is 0.339 e. The molecule has 0 aliphatic heterocycles. The maximum absolute atomic E-state index is 14.6. The van der Waals surface area contributed by atoms with Crippen LogP contribution in [0.1, 0.15) is 11.6 Å². The predicted molar refractivity (Wildman–Crippen MR) is 100 cm³/mol. The molecule has 33 heavy (non-hydrogen) atoms. The van der Waals surface area contributed by atoms with Crippen molar-refractivity contribution in [1.82, 2.24) is 25.9 Å². The first kappa shape index (κ1) is 23.8. The maximum Gasteiger partial charge on any atom is 0.493 e. The van der Waals surface area contributed by atoms with Crippen molar-refractivity contribution < 1.29 is 40.9 Å². The molecule has 0 atom stereocenters. The van der Waals surface area contributed by atoms with Crippen LogP contribution in [0, 0.1) is 18.6 Å². The first-order chi connectivity index (χ1) is 15.5. The number of benzene rings is 1. The van der Waals surface area contributed by atoms with Crippen molar-refractivity contribution in [2.75, 3.05) is 0 Å². The van der Waals surface area contributed by atoms with Gasteiger partial charge in [0.15, 0.2) is 0 Å². The molecule has 0 spiro atoms. The molecule has 3 aromatic rings. The molecule has 0 fully saturated rings. The predicted octanol–water partition coefficient (Wildman–Crippen LogP) is 3.86. The zero-order valence-electron chi connectivity index (χ0n) is 16.3. The zero-order chi connectivity index (χ0) is 24.3. The average molecular weight is 492 g/mol. The molecule has 0 aliphatic rings. The minimum atomic E-state index is -5.31. The minimum Gasteiger partial charge on any atom is -0.339 e. The van der Waals surface area contributed by atoms with Crippen LogP contribution in [-0.4, -0.2) is 33.3 Å². The van der Waals surface area contributed by atoms with Gasteiger partial charge in [-0.3, -0.25) is 4.98 Å². The van der Waals surface area contributed by atoms with Crippen LogP contribution in [0.3, 0.4) is 0 Å². The fraction of sp³-hybridized carbons (Fsp3) is 0.167. The number of aromatic nitrogens is 3. The van der Waals surface area contributed by atoms with E-state index >= 15 is 0 Å². The number of pyridine rings is 1. The van der Waals surface area contributed by atoms with E-state index in [1.54, 1.807) is 0 Å². The van der Waals surface area contributed by atoms with Gasteiger partial charge in [-0.05, 0) is 23.8 Å². The van der Waals surface area contributed by atoms with E-state index in [1.807, 2.05) is 5.32 Å². The summed E-state index contributed by atoms with van der Waals surface area (Å²) in [4.78, 5) is 33.3. The number of hydroxylamine groups is 1. The van der Waals surface area contributed by atoms with E-state index in [2.05, 4.69) is 20.0 Å².